The maximum absolute atomic E-state index is 13.4. The van der Waals surface area contributed by atoms with E-state index in [0.717, 1.165) is 30.5 Å². The van der Waals surface area contributed by atoms with Crippen LogP contribution in [0.4, 0.5) is 26.3 Å². The lowest BCUT2D eigenvalue weighted by molar-refractivity contribution is -0.143. The first-order valence-corrected chi connectivity index (χ1v) is 13.4. The lowest BCUT2D eigenvalue weighted by Gasteiger charge is -2.42. The van der Waals surface area contributed by atoms with E-state index in [0.29, 0.717) is 45.9 Å². The van der Waals surface area contributed by atoms with Crippen molar-refractivity contribution in [3.8, 4) is 0 Å². The summed E-state index contributed by atoms with van der Waals surface area (Å²) in [5.74, 6) is 0.160. The SMILES string of the molecule is COCCCOCCOC[C@@H]1C[C@]2(c3ccccc3)N[C@H]1CC[C@H]2OCc1cc(C(F)(F)F)cc(C(F)(F)F)c1. The first-order chi connectivity index (χ1) is 19.0. The van der Waals surface area contributed by atoms with E-state index >= 15 is 0 Å². The van der Waals surface area contributed by atoms with Crippen molar-refractivity contribution in [2.75, 3.05) is 40.1 Å². The molecule has 0 amide bonds. The van der Waals surface area contributed by atoms with Crippen LogP contribution >= 0.6 is 0 Å². The van der Waals surface area contributed by atoms with E-state index in [1.54, 1.807) is 7.11 Å². The number of piperidine rings is 1. The van der Waals surface area contributed by atoms with Crippen molar-refractivity contribution in [1.82, 2.24) is 5.32 Å². The maximum atomic E-state index is 13.4. The number of nitrogens with one attached hydrogen (secondary N) is 1. The summed E-state index contributed by atoms with van der Waals surface area (Å²) in [4.78, 5) is 0. The summed E-state index contributed by atoms with van der Waals surface area (Å²) in [6.07, 6.45) is -7.44. The van der Waals surface area contributed by atoms with Crippen molar-refractivity contribution in [1.29, 1.82) is 0 Å². The molecule has 2 aliphatic rings. The summed E-state index contributed by atoms with van der Waals surface area (Å²) in [6.45, 7) is 2.28. The average Bonchev–Trinajstić information content (AvgIpc) is 3.22. The smallest absolute Gasteiger partial charge is 0.385 e. The van der Waals surface area contributed by atoms with Crippen LogP contribution in [0.2, 0.25) is 0 Å². The van der Waals surface area contributed by atoms with Crippen molar-refractivity contribution in [3.05, 3.63) is 70.8 Å². The summed E-state index contributed by atoms with van der Waals surface area (Å²) < 4.78 is 103. The van der Waals surface area contributed by atoms with Crippen molar-refractivity contribution in [2.45, 2.75) is 62.3 Å². The van der Waals surface area contributed by atoms with Gasteiger partial charge in [0, 0.05) is 26.4 Å². The van der Waals surface area contributed by atoms with Crippen molar-refractivity contribution >= 4 is 0 Å². The fraction of sp³-hybridized carbons (Fsp3) is 0.586. The Bertz CT molecular complexity index is 1050. The number of methoxy groups -OCH3 is 1. The highest BCUT2D eigenvalue weighted by Gasteiger charge is 2.54. The quantitative estimate of drug-likeness (QED) is 0.223. The third kappa shape index (κ3) is 7.55. The van der Waals surface area contributed by atoms with Gasteiger partial charge in [0.05, 0.1) is 49.2 Å². The molecule has 4 rings (SSSR count). The predicted octanol–water partition coefficient (Wildman–Crippen LogP) is 6.35. The van der Waals surface area contributed by atoms with E-state index in [9.17, 15) is 26.3 Å². The first-order valence-electron chi connectivity index (χ1n) is 13.4. The molecule has 0 unspecified atom stereocenters. The van der Waals surface area contributed by atoms with Gasteiger partial charge in [0.25, 0.3) is 0 Å². The van der Waals surface area contributed by atoms with Gasteiger partial charge in [-0.25, -0.2) is 0 Å². The monoisotopic (exact) mass is 575 g/mol. The number of benzene rings is 2. The van der Waals surface area contributed by atoms with Gasteiger partial charge < -0.3 is 24.3 Å². The summed E-state index contributed by atoms with van der Waals surface area (Å²) in [5.41, 5.74) is -2.53. The van der Waals surface area contributed by atoms with Gasteiger partial charge in [-0.3, -0.25) is 0 Å². The molecule has 222 valence electrons. The maximum Gasteiger partial charge on any atom is 0.416 e. The van der Waals surface area contributed by atoms with Gasteiger partial charge in [-0.1, -0.05) is 30.3 Å². The first kappa shape index (κ1) is 30.8. The number of alkyl halides is 6. The molecule has 2 aliphatic heterocycles. The Morgan fingerprint density at radius 1 is 0.850 bits per heavy atom. The predicted molar refractivity (Wildman–Crippen MR) is 136 cm³/mol. The molecule has 0 saturated carbocycles. The second kappa shape index (κ2) is 13.2. The third-order valence-electron chi connectivity index (χ3n) is 7.61. The Morgan fingerprint density at radius 3 is 2.17 bits per heavy atom. The number of hydrogen-bond acceptors (Lipinski definition) is 5. The minimum Gasteiger partial charge on any atom is -0.385 e. The molecule has 2 heterocycles. The van der Waals surface area contributed by atoms with E-state index in [1.165, 1.54) is 0 Å². The van der Waals surface area contributed by atoms with Crippen LogP contribution in [0.1, 0.15) is 47.9 Å². The van der Waals surface area contributed by atoms with Crippen LogP contribution in [0, 0.1) is 5.92 Å². The van der Waals surface area contributed by atoms with Crippen LogP contribution in [0.25, 0.3) is 0 Å². The molecule has 2 fully saturated rings. The molecule has 1 N–H and O–H groups in total. The molecule has 4 atom stereocenters. The molecule has 2 bridgehead atoms. The standard InChI is InChI=1S/C29H35F6NO4/c1-37-10-5-11-38-12-13-39-19-21-17-27(22-6-3-2-4-7-22)26(9-8-25(21)36-27)40-18-20-14-23(28(30,31)32)16-24(15-20)29(33,34)35/h2-4,6-7,14-16,21,25-26,36H,5,8-13,17-19H2,1H3/t21-,25-,26+,27+/m0/s1. The number of hydrogen-bond donors (Lipinski definition) is 1. The van der Waals surface area contributed by atoms with Gasteiger partial charge in [-0.05, 0) is 60.9 Å². The highest BCUT2D eigenvalue weighted by molar-refractivity contribution is 5.34. The Balaban J connectivity index is 1.45. The molecule has 0 aliphatic carbocycles. The molecular weight excluding hydrogens is 540 g/mol. The van der Waals surface area contributed by atoms with Crippen LogP contribution in [0.3, 0.4) is 0 Å². The van der Waals surface area contributed by atoms with Crippen LogP contribution in [0.5, 0.6) is 0 Å². The van der Waals surface area contributed by atoms with Crippen molar-refractivity contribution in [3.63, 3.8) is 0 Å². The summed E-state index contributed by atoms with van der Waals surface area (Å²) in [7, 11) is 1.64. The molecule has 0 spiro atoms. The van der Waals surface area contributed by atoms with Crippen LogP contribution in [-0.2, 0) is 43.4 Å². The van der Waals surface area contributed by atoms with E-state index in [-0.39, 0.29) is 30.2 Å². The molecule has 11 heteroatoms. The van der Waals surface area contributed by atoms with Crippen LogP contribution in [0.15, 0.2) is 48.5 Å². The van der Waals surface area contributed by atoms with E-state index in [1.807, 2.05) is 30.3 Å². The molecule has 0 aromatic heterocycles. The topological polar surface area (TPSA) is 49.0 Å². The molecule has 2 aromatic carbocycles. The minimum absolute atomic E-state index is 0.133. The lowest BCUT2D eigenvalue weighted by atomic mass is 9.80. The molecule has 2 aromatic rings. The Labute approximate surface area is 230 Å². The normalized spacial score (nSPS) is 24.9. The fourth-order valence-electron chi connectivity index (χ4n) is 5.76. The molecule has 40 heavy (non-hydrogen) atoms. The number of halogens is 6. The van der Waals surface area contributed by atoms with Gasteiger partial charge >= 0.3 is 12.4 Å². The fourth-order valence-corrected chi connectivity index (χ4v) is 5.76. The molecule has 0 radical (unpaired) electrons. The summed E-state index contributed by atoms with van der Waals surface area (Å²) >= 11 is 0. The van der Waals surface area contributed by atoms with E-state index in [2.05, 4.69) is 5.32 Å². The highest BCUT2D eigenvalue weighted by atomic mass is 19.4. The highest BCUT2D eigenvalue weighted by Crippen LogP contribution is 2.48. The van der Waals surface area contributed by atoms with Gasteiger partial charge in [-0.2, -0.15) is 26.3 Å². The van der Waals surface area contributed by atoms with Gasteiger partial charge in [-0.15, -0.1) is 0 Å². The van der Waals surface area contributed by atoms with Crippen LogP contribution < -0.4 is 5.32 Å². The van der Waals surface area contributed by atoms with Crippen LogP contribution in [-0.4, -0.2) is 52.3 Å². The lowest BCUT2D eigenvalue weighted by Crippen LogP contribution is -2.54. The number of rotatable bonds is 13. The van der Waals surface area contributed by atoms with Gasteiger partial charge in [0.2, 0.25) is 0 Å². The van der Waals surface area contributed by atoms with Gasteiger partial charge in [0.15, 0.2) is 0 Å². The Hall–Kier alpha value is -2.18. The Morgan fingerprint density at radius 2 is 1.52 bits per heavy atom. The summed E-state index contributed by atoms with van der Waals surface area (Å²) in [5, 5.41) is 3.69. The van der Waals surface area contributed by atoms with E-state index in [4.69, 9.17) is 18.9 Å². The largest absolute Gasteiger partial charge is 0.416 e. The molecular formula is C29H35F6NO4. The Kier molecular flexibility index (Phi) is 10.2. The van der Waals surface area contributed by atoms with Crippen molar-refractivity contribution < 1.29 is 45.3 Å². The zero-order valence-electron chi connectivity index (χ0n) is 22.3. The minimum atomic E-state index is -4.91. The van der Waals surface area contributed by atoms with E-state index < -0.39 is 35.1 Å². The molecule has 2 saturated heterocycles. The summed E-state index contributed by atoms with van der Waals surface area (Å²) in [6, 6.07) is 11.4. The number of ether oxygens (including phenoxy) is 4. The zero-order valence-corrected chi connectivity index (χ0v) is 22.3. The molecule has 5 nitrogen and oxygen atoms in total. The zero-order chi connectivity index (χ0) is 28.8. The second-order valence-corrected chi connectivity index (χ2v) is 10.4. The number of fused-ring (bicyclic) bond motifs is 2. The third-order valence-corrected chi connectivity index (χ3v) is 7.61. The second-order valence-electron chi connectivity index (χ2n) is 10.4. The van der Waals surface area contributed by atoms with Gasteiger partial charge in [0.1, 0.15) is 0 Å². The van der Waals surface area contributed by atoms with Crippen molar-refractivity contribution in [2.24, 2.45) is 5.92 Å². The average molecular weight is 576 g/mol.